The third-order valence-corrected chi connectivity index (χ3v) is 4.01. The van der Waals surface area contributed by atoms with Gasteiger partial charge in [-0.3, -0.25) is 4.72 Å². The molecule has 1 atom stereocenters. The first kappa shape index (κ1) is 13.1. The predicted molar refractivity (Wildman–Crippen MR) is 64.4 cm³/mol. The van der Waals surface area contributed by atoms with Crippen molar-refractivity contribution in [2.75, 3.05) is 17.1 Å². The summed E-state index contributed by atoms with van der Waals surface area (Å²) in [6, 6.07) is 3.33. The van der Waals surface area contributed by atoms with Crippen LogP contribution in [0.15, 0.2) is 18.2 Å². The number of rotatable bonds is 4. The van der Waals surface area contributed by atoms with Gasteiger partial charge in [-0.1, -0.05) is 0 Å². The fourth-order valence-electron chi connectivity index (χ4n) is 1.81. The molecule has 2 rings (SSSR count). The van der Waals surface area contributed by atoms with Gasteiger partial charge in [0.25, 0.3) is 0 Å². The number of phenols is 1. The molecule has 18 heavy (non-hydrogen) atoms. The lowest BCUT2D eigenvalue weighted by Gasteiger charge is -2.12. The second-order valence-corrected chi connectivity index (χ2v) is 5.95. The molecule has 0 radical (unpaired) electrons. The first-order chi connectivity index (χ1) is 8.46. The molecule has 5 nitrogen and oxygen atoms in total. The Kier molecular flexibility index (Phi) is 3.72. The van der Waals surface area contributed by atoms with Crippen LogP contribution in [0.25, 0.3) is 0 Å². The molecule has 1 aliphatic rings. The van der Waals surface area contributed by atoms with E-state index in [9.17, 15) is 12.8 Å². The topological polar surface area (TPSA) is 75.6 Å². The molecule has 0 saturated carbocycles. The van der Waals surface area contributed by atoms with Crippen LogP contribution in [0.2, 0.25) is 0 Å². The van der Waals surface area contributed by atoms with Crippen LogP contribution in [0.5, 0.6) is 5.75 Å². The van der Waals surface area contributed by atoms with E-state index < -0.39 is 21.6 Å². The standard InChI is InChI=1S/C11H14FNO4S/c12-10-6-8(3-4-11(10)14)13-18(15,16)7-9-2-1-5-17-9/h3-4,6,9,13-14H,1-2,5,7H2. The Bertz CT molecular complexity index is 526. The van der Waals surface area contributed by atoms with Gasteiger partial charge >= 0.3 is 0 Å². The summed E-state index contributed by atoms with van der Waals surface area (Å²) in [5, 5.41) is 9.00. The largest absolute Gasteiger partial charge is 0.505 e. The highest BCUT2D eigenvalue weighted by molar-refractivity contribution is 7.92. The maximum Gasteiger partial charge on any atom is 0.235 e. The summed E-state index contributed by atoms with van der Waals surface area (Å²) in [6.07, 6.45) is 1.27. The monoisotopic (exact) mass is 275 g/mol. The van der Waals surface area contributed by atoms with Gasteiger partial charge in [0.15, 0.2) is 11.6 Å². The third kappa shape index (κ3) is 3.33. The van der Waals surface area contributed by atoms with Gasteiger partial charge in [-0.2, -0.15) is 0 Å². The van der Waals surface area contributed by atoms with Gasteiger partial charge in [0, 0.05) is 12.7 Å². The Morgan fingerprint density at radius 2 is 2.28 bits per heavy atom. The second kappa shape index (κ2) is 5.11. The number of ether oxygens (including phenoxy) is 1. The van der Waals surface area contributed by atoms with Crippen molar-refractivity contribution in [1.82, 2.24) is 0 Å². The van der Waals surface area contributed by atoms with E-state index in [-0.39, 0.29) is 17.5 Å². The van der Waals surface area contributed by atoms with Crippen molar-refractivity contribution in [3.63, 3.8) is 0 Å². The molecule has 0 bridgehead atoms. The van der Waals surface area contributed by atoms with Gasteiger partial charge in [0.05, 0.1) is 17.5 Å². The Labute approximate surface area is 105 Å². The molecule has 1 fully saturated rings. The summed E-state index contributed by atoms with van der Waals surface area (Å²) in [6.45, 7) is 0.577. The number of nitrogens with one attached hydrogen (secondary N) is 1. The van der Waals surface area contributed by atoms with Crippen molar-refractivity contribution in [2.24, 2.45) is 0 Å². The second-order valence-electron chi connectivity index (χ2n) is 4.18. The van der Waals surface area contributed by atoms with Crippen LogP contribution in [-0.4, -0.2) is 32.0 Å². The van der Waals surface area contributed by atoms with E-state index in [0.717, 1.165) is 18.6 Å². The SMILES string of the molecule is O=S(=O)(CC1CCCO1)Nc1ccc(O)c(F)c1. The number of phenolic OH excluding ortho intramolecular Hbond substituents is 1. The van der Waals surface area contributed by atoms with Gasteiger partial charge in [0.2, 0.25) is 10.0 Å². The Morgan fingerprint density at radius 3 is 2.89 bits per heavy atom. The first-order valence-corrected chi connectivity index (χ1v) is 7.22. The van der Waals surface area contributed by atoms with Gasteiger partial charge in [-0.15, -0.1) is 0 Å². The predicted octanol–water partition coefficient (Wildman–Crippen LogP) is 1.45. The van der Waals surface area contributed by atoms with Crippen molar-refractivity contribution < 1.29 is 22.7 Å². The normalized spacial score (nSPS) is 19.9. The maximum absolute atomic E-state index is 13.0. The summed E-state index contributed by atoms with van der Waals surface area (Å²) >= 11 is 0. The molecular weight excluding hydrogens is 261 g/mol. The van der Waals surface area contributed by atoms with Crippen LogP contribution >= 0.6 is 0 Å². The number of halogens is 1. The van der Waals surface area contributed by atoms with Gasteiger partial charge in [-0.05, 0) is 25.0 Å². The fourth-order valence-corrected chi connectivity index (χ4v) is 3.13. The zero-order valence-electron chi connectivity index (χ0n) is 9.60. The van der Waals surface area contributed by atoms with Crippen LogP contribution in [-0.2, 0) is 14.8 Å². The van der Waals surface area contributed by atoms with E-state index >= 15 is 0 Å². The van der Waals surface area contributed by atoms with Gasteiger partial charge < -0.3 is 9.84 Å². The van der Waals surface area contributed by atoms with Crippen LogP contribution in [0, 0.1) is 5.82 Å². The third-order valence-electron chi connectivity index (χ3n) is 2.65. The lowest BCUT2D eigenvalue weighted by Crippen LogP contribution is -2.25. The van der Waals surface area contributed by atoms with Crippen LogP contribution < -0.4 is 4.72 Å². The molecule has 0 aromatic heterocycles. The lowest BCUT2D eigenvalue weighted by atomic mass is 10.3. The molecule has 7 heteroatoms. The first-order valence-electron chi connectivity index (χ1n) is 5.57. The quantitative estimate of drug-likeness (QED) is 0.816. The summed E-state index contributed by atoms with van der Waals surface area (Å²) in [5.74, 6) is -1.53. The summed E-state index contributed by atoms with van der Waals surface area (Å²) in [5.41, 5.74) is 0.0864. The zero-order valence-corrected chi connectivity index (χ0v) is 10.4. The zero-order chi connectivity index (χ0) is 13.2. The maximum atomic E-state index is 13.0. The van der Waals surface area contributed by atoms with Crippen LogP contribution in [0.4, 0.5) is 10.1 Å². The molecule has 2 N–H and O–H groups in total. The van der Waals surface area contributed by atoms with Crippen LogP contribution in [0.3, 0.4) is 0 Å². The summed E-state index contributed by atoms with van der Waals surface area (Å²) < 4.78 is 44.1. The molecule has 1 unspecified atom stereocenters. The summed E-state index contributed by atoms with van der Waals surface area (Å²) in [4.78, 5) is 0. The molecule has 1 aromatic carbocycles. The van der Waals surface area contributed by atoms with E-state index in [1.165, 1.54) is 6.07 Å². The Balaban J connectivity index is 2.04. The number of sulfonamides is 1. The minimum Gasteiger partial charge on any atom is -0.505 e. The average molecular weight is 275 g/mol. The number of anilines is 1. The Morgan fingerprint density at radius 1 is 1.50 bits per heavy atom. The minimum absolute atomic E-state index is 0.0864. The van der Waals surface area contributed by atoms with Crippen molar-refractivity contribution in [1.29, 1.82) is 0 Å². The van der Waals surface area contributed by atoms with E-state index in [0.29, 0.717) is 13.0 Å². The van der Waals surface area contributed by atoms with Gasteiger partial charge in [-0.25, -0.2) is 12.8 Å². The highest BCUT2D eigenvalue weighted by Gasteiger charge is 2.23. The van der Waals surface area contributed by atoms with Crippen molar-refractivity contribution in [3.8, 4) is 5.75 Å². The fraction of sp³-hybridized carbons (Fsp3) is 0.455. The molecule has 0 aliphatic carbocycles. The number of hydrogen-bond donors (Lipinski definition) is 2. The smallest absolute Gasteiger partial charge is 0.235 e. The minimum atomic E-state index is -3.57. The molecule has 1 aromatic rings. The van der Waals surface area contributed by atoms with Crippen molar-refractivity contribution in [3.05, 3.63) is 24.0 Å². The van der Waals surface area contributed by atoms with Crippen molar-refractivity contribution >= 4 is 15.7 Å². The highest BCUT2D eigenvalue weighted by Crippen LogP contribution is 2.21. The van der Waals surface area contributed by atoms with E-state index in [1.807, 2.05) is 0 Å². The molecule has 0 amide bonds. The average Bonchev–Trinajstić information content (AvgIpc) is 2.75. The highest BCUT2D eigenvalue weighted by atomic mass is 32.2. The number of hydrogen-bond acceptors (Lipinski definition) is 4. The van der Waals surface area contributed by atoms with E-state index in [4.69, 9.17) is 9.84 Å². The Hall–Kier alpha value is -1.34. The van der Waals surface area contributed by atoms with Gasteiger partial charge in [0.1, 0.15) is 0 Å². The van der Waals surface area contributed by atoms with Crippen LogP contribution in [0.1, 0.15) is 12.8 Å². The lowest BCUT2D eigenvalue weighted by molar-refractivity contribution is 0.127. The molecular formula is C11H14FNO4S. The van der Waals surface area contributed by atoms with Crippen molar-refractivity contribution in [2.45, 2.75) is 18.9 Å². The summed E-state index contributed by atoms with van der Waals surface area (Å²) in [7, 11) is -3.57. The molecule has 1 heterocycles. The molecule has 0 spiro atoms. The molecule has 100 valence electrons. The van der Waals surface area contributed by atoms with E-state index in [2.05, 4.69) is 4.72 Å². The number of benzene rings is 1. The molecule has 1 saturated heterocycles. The number of aromatic hydroxyl groups is 1. The molecule has 1 aliphatic heterocycles. The van der Waals surface area contributed by atoms with E-state index in [1.54, 1.807) is 0 Å².